The molecule has 0 radical (unpaired) electrons. The van der Waals surface area contributed by atoms with Gasteiger partial charge in [0.05, 0.1) is 12.6 Å². The monoisotopic (exact) mass is 459 g/mol. The summed E-state index contributed by atoms with van der Waals surface area (Å²) in [6.45, 7) is 8.57. The van der Waals surface area contributed by atoms with E-state index >= 15 is 0 Å². The first-order chi connectivity index (χ1) is 11.8. The maximum Gasteiger partial charge on any atom is 0.194 e. The van der Waals surface area contributed by atoms with Crippen molar-refractivity contribution in [2.45, 2.75) is 45.3 Å². The predicted octanol–water partition coefficient (Wildman–Crippen LogP) is 3.07. The fourth-order valence-electron chi connectivity index (χ4n) is 3.44. The topological polar surface area (TPSA) is 46.1 Å². The number of aliphatic imine (C=N–C) groups is 1. The molecule has 3 rings (SSSR count). The Morgan fingerprint density at radius 1 is 1.28 bits per heavy atom. The molecule has 1 fully saturated rings. The first-order valence-corrected chi connectivity index (χ1v) is 9.19. The Kier molecular flexibility index (Phi) is 8.29. The average molecular weight is 459 g/mol. The van der Waals surface area contributed by atoms with E-state index in [0.29, 0.717) is 12.6 Å². The van der Waals surface area contributed by atoms with E-state index in [1.807, 2.05) is 12.1 Å². The quantitative estimate of drug-likeness (QED) is 0.418. The number of para-hydroxylation sites is 1. The third kappa shape index (κ3) is 5.48. The summed E-state index contributed by atoms with van der Waals surface area (Å²) >= 11 is 0. The number of fused-ring (bicyclic) bond motifs is 1. The van der Waals surface area contributed by atoms with E-state index in [2.05, 4.69) is 36.2 Å². The Morgan fingerprint density at radius 3 is 2.72 bits per heavy atom. The number of hydrogen-bond donors (Lipinski definition) is 1. The Balaban J connectivity index is 0.00000225. The number of guanidine groups is 1. The summed E-state index contributed by atoms with van der Waals surface area (Å²) in [5.41, 5.74) is 1.29. The van der Waals surface area contributed by atoms with E-state index in [4.69, 9.17) is 14.5 Å². The third-order valence-corrected chi connectivity index (χ3v) is 4.64. The van der Waals surface area contributed by atoms with E-state index in [0.717, 1.165) is 57.2 Å². The largest absolute Gasteiger partial charge is 0.488 e. The fraction of sp³-hybridized carbons (Fsp3) is 0.632. The van der Waals surface area contributed by atoms with Crippen LogP contribution in [0.15, 0.2) is 29.3 Å². The van der Waals surface area contributed by atoms with Gasteiger partial charge in [-0.05, 0) is 38.3 Å². The van der Waals surface area contributed by atoms with Crippen LogP contribution in [0.1, 0.15) is 32.3 Å². The molecule has 0 amide bonds. The van der Waals surface area contributed by atoms with Crippen molar-refractivity contribution < 1.29 is 9.47 Å². The molecular weight excluding hydrogens is 429 g/mol. The van der Waals surface area contributed by atoms with Gasteiger partial charge in [-0.15, -0.1) is 24.0 Å². The minimum atomic E-state index is 0. The molecule has 25 heavy (non-hydrogen) atoms. The van der Waals surface area contributed by atoms with Crippen molar-refractivity contribution in [3.63, 3.8) is 0 Å². The highest BCUT2D eigenvalue weighted by molar-refractivity contribution is 14.0. The molecule has 0 spiro atoms. The van der Waals surface area contributed by atoms with E-state index < -0.39 is 0 Å². The maximum absolute atomic E-state index is 6.00. The van der Waals surface area contributed by atoms with E-state index in [-0.39, 0.29) is 30.1 Å². The number of hydrogen-bond acceptors (Lipinski definition) is 3. The summed E-state index contributed by atoms with van der Waals surface area (Å²) in [5, 5.41) is 3.42. The van der Waals surface area contributed by atoms with Gasteiger partial charge in [-0.25, -0.2) is 4.99 Å². The molecule has 1 N–H and O–H groups in total. The molecule has 1 saturated heterocycles. The molecule has 1 aromatic rings. The van der Waals surface area contributed by atoms with Gasteiger partial charge in [-0.3, -0.25) is 0 Å². The first-order valence-electron chi connectivity index (χ1n) is 9.19. The average Bonchev–Trinajstić information content (AvgIpc) is 3.02. The predicted molar refractivity (Wildman–Crippen MR) is 112 cm³/mol. The van der Waals surface area contributed by atoms with Gasteiger partial charge < -0.3 is 19.7 Å². The second-order valence-corrected chi connectivity index (χ2v) is 6.39. The second kappa shape index (κ2) is 10.2. The summed E-state index contributed by atoms with van der Waals surface area (Å²) in [4.78, 5) is 7.19. The summed E-state index contributed by atoms with van der Waals surface area (Å²) in [6.07, 6.45) is 3.65. The number of halogens is 1. The molecule has 0 aliphatic carbocycles. The van der Waals surface area contributed by atoms with Crippen LogP contribution in [0.4, 0.5) is 0 Å². The van der Waals surface area contributed by atoms with E-state index in [1.165, 1.54) is 5.56 Å². The fourth-order valence-corrected chi connectivity index (χ4v) is 3.44. The van der Waals surface area contributed by atoms with Crippen molar-refractivity contribution >= 4 is 29.9 Å². The van der Waals surface area contributed by atoms with Gasteiger partial charge in [0.2, 0.25) is 0 Å². The minimum absolute atomic E-state index is 0. The Hall–Kier alpha value is -1.02. The summed E-state index contributed by atoms with van der Waals surface area (Å²) in [5.74, 6) is 2.02. The van der Waals surface area contributed by atoms with Crippen LogP contribution in [0.25, 0.3) is 0 Å². The van der Waals surface area contributed by atoms with Gasteiger partial charge in [-0.2, -0.15) is 0 Å². The lowest BCUT2D eigenvalue weighted by atomic mass is 10.1. The summed E-state index contributed by atoms with van der Waals surface area (Å²) < 4.78 is 11.7. The van der Waals surface area contributed by atoms with E-state index in [1.54, 1.807) is 0 Å². The highest BCUT2D eigenvalue weighted by Gasteiger charge is 2.24. The molecule has 0 saturated carbocycles. The van der Waals surface area contributed by atoms with Gasteiger partial charge in [0.1, 0.15) is 11.9 Å². The van der Waals surface area contributed by atoms with Crippen LogP contribution in [0.3, 0.4) is 0 Å². The Morgan fingerprint density at radius 2 is 2.04 bits per heavy atom. The van der Waals surface area contributed by atoms with Gasteiger partial charge in [0.15, 0.2) is 5.96 Å². The number of rotatable bonds is 5. The standard InChI is InChI=1S/C19H29N3O2.HI/c1-3-20-19(22-11-9-16(10-12-22)23-4-2)21-14-17-13-15-7-5-6-8-18(15)24-17;/h5-8,16-17H,3-4,9-14H2,1-2H3,(H,20,21);1H. The molecule has 0 bridgehead atoms. The summed E-state index contributed by atoms with van der Waals surface area (Å²) in [6, 6.07) is 8.28. The minimum Gasteiger partial charge on any atom is -0.488 e. The normalized spacial score (nSPS) is 20.6. The highest BCUT2D eigenvalue weighted by Crippen LogP contribution is 2.28. The molecule has 1 unspecified atom stereocenters. The number of ether oxygens (including phenoxy) is 2. The van der Waals surface area contributed by atoms with Crippen molar-refractivity contribution in [2.75, 3.05) is 32.8 Å². The lowest BCUT2D eigenvalue weighted by molar-refractivity contribution is 0.0263. The number of nitrogens with zero attached hydrogens (tertiary/aromatic N) is 2. The van der Waals surface area contributed by atoms with Crippen LogP contribution < -0.4 is 10.1 Å². The van der Waals surface area contributed by atoms with Crippen LogP contribution in [-0.2, 0) is 11.2 Å². The zero-order chi connectivity index (χ0) is 16.8. The Bertz CT molecular complexity index is 534. The van der Waals surface area contributed by atoms with Gasteiger partial charge in [0, 0.05) is 32.7 Å². The molecule has 5 nitrogen and oxygen atoms in total. The highest BCUT2D eigenvalue weighted by atomic mass is 127. The smallest absolute Gasteiger partial charge is 0.194 e. The summed E-state index contributed by atoms with van der Waals surface area (Å²) in [7, 11) is 0. The molecule has 140 valence electrons. The third-order valence-electron chi connectivity index (χ3n) is 4.64. The number of piperidine rings is 1. The number of benzene rings is 1. The van der Waals surface area contributed by atoms with Crippen LogP contribution in [0.2, 0.25) is 0 Å². The van der Waals surface area contributed by atoms with Gasteiger partial charge in [-0.1, -0.05) is 18.2 Å². The van der Waals surface area contributed by atoms with Gasteiger partial charge in [0.25, 0.3) is 0 Å². The zero-order valence-corrected chi connectivity index (χ0v) is 17.6. The first kappa shape index (κ1) is 20.3. The van der Waals surface area contributed by atoms with Crippen molar-refractivity contribution in [3.05, 3.63) is 29.8 Å². The van der Waals surface area contributed by atoms with Crippen LogP contribution in [0, 0.1) is 0 Å². The van der Waals surface area contributed by atoms with Crippen LogP contribution >= 0.6 is 24.0 Å². The van der Waals surface area contributed by atoms with Gasteiger partial charge >= 0.3 is 0 Å². The lowest BCUT2D eigenvalue weighted by Crippen LogP contribution is -2.47. The van der Waals surface area contributed by atoms with Crippen molar-refractivity contribution in [1.82, 2.24) is 10.2 Å². The van der Waals surface area contributed by atoms with E-state index in [9.17, 15) is 0 Å². The molecule has 2 heterocycles. The molecule has 0 aromatic heterocycles. The Labute approximate surface area is 168 Å². The molecule has 2 aliphatic rings. The number of likely N-dealkylation sites (tertiary alicyclic amines) is 1. The maximum atomic E-state index is 6.00. The zero-order valence-electron chi connectivity index (χ0n) is 15.2. The van der Waals surface area contributed by atoms with Crippen LogP contribution in [-0.4, -0.2) is 55.9 Å². The molecular formula is C19H30IN3O2. The molecule has 1 aromatic carbocycles. The van der Waals surface area contributed by atoms with Crippen LogP contribution in [0.5, 0.6) is 5.75 Å². The molecule has 2 aliphatic heterocycles. The molecule has 6 heteroatoms. The second-order valence-electron chi connectivity index (χ2n) is 6.39. The molecule has 1 atom stereocenters. The van der Waals surface area contributed by atoms with Crippen molar-refractivity contribution in [3.8, 4) is 5.75 Å². The number of nitrogens with one attached hydrogen (secondary N) is 1. The SMILES string of the molecule is CCNC(=NCC1Cc2ccccc2O1)N1CCC(OCC)CC1.I. The van der Waals surface area contributed by atoms with Crippen molar-refractivity contribution in [2.24, 2.45) is 4.99 Å². The van der Waals surface area contributed by atoms with Crippen molar-refractivity contribution in [1.29, 1.82) is 0 Å². The lowest BCUT2D eigenvalue weighted by Gasteiger charge is -2.34.